The van der Waals surface area contributed by atoms with E-state index < -0.39 is 4.92 Å². The molecule has 6 nitrogen and oxygen atoms in total. The lowest BCUT2D eigenvalue weighted by molar-refractivity contribution is -0.384. The van der Waals surface area contributed by atoms with Crippen LogP contribution in [-0.4, -0.2) is 27.4 Å². The second-order valence-corrected chi connectivity index (χ2v) is 4.24. The zero-order valence-electron chi connectivity index (χ0n) is 8.67. The number of hydrogen-bond donors (Lipinski definition) is 0. The maximum atomic E-state index is 10.7. The number of nitrogens with zero attached hydrogens (tertiary/aromatic N) is 3. The topological polar surface area (TPSA) is 73.5 Å². The van der Waals surface area contributed by atoms with Gasteiger partial charge in [0, 0.05) is 17.5 Å². The monoisotopic (exact) mass is 253 g/mol. The van der Waals surface area contributed by atoms with Crippen LogP contribution in [0.4, 0.5) is 5.69 Å². The first kappa shape index (κ1) is 10.5. The Morgan fingerprint density at radius 3 is 3.06 bits per heavy atom. The van der Waals surface area contributed by atoms with Crippen molar-refractivity contribution in [1.82, 2.24) is 9.78 Å². The van der Waals surface area contributed by atoms with Crippen LogP contribution in [-0.2, 0) is 11.3 Å². The second kappa shape index (κ2) is 3.68. The molecule has 88 valence electrons. The Morgan fingerprint density at radius 1 is 1.65 bits per heavy atom. The number of benzene rings is 1. The highest BCUT2D eigenvalue weighted by Crippen LogP contribution is 2.28. The Bertz CT molecular complexity index is 606. The minimum Gasteiger partial charge on any atom is -0.371 e. The van der Waals surface area contributed by atoms with Gasteiger partial charge in [0.05, 0.1) is 23.6 Å². The molecular weight excluding hydrogens is 246 g/mol. The number of halogens is 1. The van der Waals surface area contributed by atoms with Crippen LogP contribution < -0.4 is 0 Å². The molecule has 0 amide bonds. The molecule has 1 atom stereocenters. The van der Waals surface area contributed by atoms with E-state index in [1.54, 1.807) is 10.7 Å². The molecule has 0 unspecified atom stereocenters. The first-order valence-corrected chi connectivity index (χ1v) is 5.45. The summed E-state index contributed by atoms with van der Waals surface area (Å²) < 4.78 is 6.84. The van der Waals surface area contributed by atoms with Gasteiger partial charge < -0.3 is 4.74 Å². The van der Waals surface area contributed by atoms with E-state index in [1.165, 1.54) is 12.1 Å². The number of ether oxygens (including phenoxy) is 1. The number of aromatic nitrogens is 2. The number of nitro groups is 1. The summed E-state index contributed by atoms with van der Waals surface area (Å²) in [6, 6.07) is 4.55. The quantitative estimate of drug-likeness (QED) is 0.476. The molecule has 1 aliphatic heterocycles. The Kier molecular flexibility index (Phi) is 2.27. The lowest BCUT2D eigenvalue weighted by Crippen LogP contribution is -2.05. The maximum Gasteiger partial charge on any atom is 0.270 e. The molecule has 0 saturated carbocycles. The van der Waals surface area contributed by atoms with Crippen molar-refractivity contribution in [2.45, 2.75) is 12.6 Å². The molecule has 1 aromatic carbocycles. The summed E-state index contributed by atoms with van der Waals surface area (Å²) in [7, 11) is 0. The van der Waals surface area contributed by atoms with Gasteiger partial charge in [-0.25, -0.2) is 0 Å². The van der Waals surface area contributed by atoms with Crippen LogP contribution in [0.1, 0.15) is 0 Å². The molecule has 2 heterocycles. The Hall–Kier alpha value is -1.66. The first-order chi connectivity index (χ1) is 8.15. The third kappa shape index (κ3) is 1.85. The number of rotatable bonds is 3. The van der Waals surface area contributed by atoms with Gasteiger partial charge in [-0.2, -0.15) is 5.10 Å². The van der Waals surface area contributed by atoms with Crippen LogP contribution in [0.2, 0.25) is 5.15 Å². The van der Waals surface area contributed by atoms with Gasteiger partial charge in [-0.15, -0.1) is 0 Å². The van der Waals surface area contributed by atoms with Gasteiger partial charge in [-0.3, -0.25) is 14.8 Å². The summed E-state index contributed by atoms with van der Waals surface area (Å²) in [6.07, 6.45) is 0.185. The van der Waals surface area contributed by atoms with Crippen molar-refractivity contribution in [3.8, 4) is 0 Å². The van der Waals surface area contributed by atoms with Crippen molar-refractivity contribution < 1.29 is 9.66 Å². The molecule has 1 aromatic heterocycles. The highest BCUT2D eigenvalue weighted by Gasteiger charge is 2.25. The number of fused-ring (bicyclic) bond motifs is 1. The number of nitro benzene ring substituents is 1. The predicted octanol–water partition coefficient (Wildman–Crippen LogP) is 2.00. The fourth-order valence-corrected chi connectivity index (χ4v) is 1.99. The summed E-state index contributed by atoms with van der Waals surface area (Å²) >= 11 is 5.96. The van der Waals surface area contributed by atoms with E-state index in [1.807, 2.05) is 0 Å². The highest BCUT2D eigenvalue weighted by atomic mass is 35.5. The lowest BCUT2D eigenvalue weighted by Gasteiger charge is -1.99. The Balaban J connectivity index is 2.10. The summed E-state index contributed by atoms with van der Waals surface area (Å²) in [5.41, 5.74) is 0.803. The minimum absolute atomic E-state index is 0.0154. The van der Waals surface area contributed by atoms with Crippen LogP contribution in [0.15, 0.2) is 18.2 Å². The molecule has 1 aliphatic rings. The van der Waals surface area contributed by atoms with E-state index in [4.69, 9.17) is 16.3 Å². The van der Waals surface area contributed by atoms with Crippen LogP contribution in [0, 0.1) is 10.1 Å². The highest BCUT2D eigenvalue weighted by molar-refractivity contribution is 6.34. The minimum atomic E-state index is -0.447. The molecule has 2 aromatic rings. The van der Waals surface area contributed by atoms with Gasteiger partial charge in [-0.05, 0) is 6.07 Å². The van der Waals surface area contributed by atoms with Crippen LogP contribution in [0.5, 0.6) is 0 Å². The van der Waals surface area contributed by atoms with Crippen molar-refractivity contribution in [2.24, 2.45) is 0 Å². The number of hydrogen-bond acceptors (Lipinski definition) is 4. The molecule has 0 bridgehead atoms. The van der Waals surface area contributed by atoms with E-state index in [-0.39, 0.29) is 16.9 Å². The normalized spacial score (nSPS) is 18.5. The van der Waals surface area contributed by atoms with E-state index in [0.29, 0.717) is 11.9 Å². The maximum absolute atomic E-state index is 10.7. The van der Waals surface area contributed by atoms with Gasteiger partial charge in [0.1, 0.15) is 6.10 Å². The van der Waals surface area contributed by atoms with Gasteiger partial charge in [0.15, 0.2) is 5.15 Å². The van der Waals surface area contributed by atoms with E-state index in [2.05, 4.69) is 5.10 Å². The standard InChI is InChI=1S/C10H8ClN3O3/c11-10-8-3-6(14(15)16)1-2-9(8)13(12-10)4-7-5-17-7/h1-3,7H,4-5H2/t7-/m1/s1. The van der Waals surface area contributed by atoms with Gasteiger partial charge in [-0.1, -0.05) is 11.6 Å². The Labute approximate surface area is 101 Å². The van der Waals surface area contributed by atoms with Crippen LogP contribution >= 0.6 is 11.6 Å². The first-order valence-electron chi connectivity index (χ1n) is 5.07. The smallest absolute Gasteiger partial charge is 0.270 e. The fraction of sp³-hybridized carbons (Fsp3) is 0.300. The average Bonchev–Trinajstić information content (AvgIpc) is 3.05. The van der Waals surface area contributed by atoms with Crippen molar-refractivity contribution in [2.75, 3.05) is 6.61 Å². The van der Waals surface area contributed by atoms with Crippen molar-refractivity contribution in [1.29, 1.82) is 0 Å². The molecule has 7 heteroatoms. The van der Waals surface area contributed by atoms with E-state index in [9.17, 15) is 10.1 Å². The van der Waals surface area contributed by atoms with Crippen molar-refractivity contribution in [3.63, 3.8) is 0 Å². The average molecular weight is 254 g/mol. The summed E-state index contributed by atoms with van der Waals surface area (Å²) in [5, 5.41) is 15.7. The molecule has 1 fully saturated rings. The fourth-order valence-electron chi connectivity index (χ4n) is 1.75. The predicted molar refractivity (Wildman–Crippen MR) is 61.1 cm³/mol. The third-order valence-electron chi connectivity index (χ3n) is 2.68. The van der Waals surface area contributed by atoms with Crippen LogP contribution in [0.25, 0.3) is 10.9 Å². The second-order valence-electron chi connectivity index (χ2n) is 3.89. The zero-order chi connectivity index (χ0) is 12.0. The number of non-ortho nitro benzene ring substituents is 1. The lowest BCUT2D eigenvalue weighted by atomic mass is 10.2. The van der Waals surface area contributed by atoms with E-state index >= 15 is 0 Å². The van der Waals surface area contributed by atoms with Gasteiger partial charge >= 0.3 is 0 Å². The van der Waals surface area contributed by atoms with Crippen molar-refractivity contribution >= 4 is 28.2 Å². The molecular formula is C10H8ClN3O3. The molecule has 0 N–H and O–H groups in total. The molecule has 1 saturated heterocycles. The molecule has 3 rings (SSSR count). The Morgan fingerprint density at radius 2 is 2.41 bits per heavy atom. The van der Waals surface area contributed by atoms with E-state index in [0.717, 1.165) is 12.1 Å². The zero-order valence-corrected chi connectivity index (χ0v) is 9.42. The SMILES string of the molecule is O=[N+]([O-])c1ccc2c(c1)c(Cl)nn2C[C@@H]1CO1. The van der Waals surface area contributed by atoms with Gasteiger partial charge in [0.2, 0.25) is 0 Å². The molecule has 0 aliphatic carbocycles. The number of epoxide rings is 1. The summed E-state index contributed by atoms with van der Waals surface area (Å²) in [4.78, 5) is 10.2. The molecule has 17 heavy (non-hydrogen) atoms. The van der Waals surface area contributed by atoms with Gasteiger partial charge in [0.25, 0.3) is 5.69 Å². The molecule has 0 spiro atoms. The van der Waals surface area contributed by atoms with Crippen molar-refractivity contribution in [3.05, 3.63) is 33.5 Å². The molecule has 0 radical (unpaired) electrons. The van der Waals surface area contributed by atoms with Crippen LogP contribution in [0.3, 0.4) is 0 Å². The summed E-state index contributed by atoms with van der Waals surface area (Å²) in [6.45, 7) is 1.35. The third-order valence-corrected chi connectivity index (χ3v) is 2.96. The summed E-state index contributed by atoms with van der Waals surface area (Å²) in [5.74, 6) is 0. The largest absolute Gasteiger partial charge is 0.371 e.